The predicted octanol–water partition coefficient (Wildman–Crippen LogP) is 1.62. The van der Waals surface area contributed by atoms with Crippen LogP contribution in [0.5, 0.6) is 0 Å². The Balaban J connectivity index is 0. The van der Waals surface area contributed by atoms with Crippen molar-refractivity contribution >= 4 is 30.8 Å². The van der Waals surface area contributed by atoms with Crippen LogP contribution in [0.4, 0.5) is 0 Å². The zero-order valence-corrected chi connectivity index (χ0v) is 12.5. The Morgan fingerprint density at radius 3 is 2.41 bits per heavy atom. The third-order valence-corrected chi connectivity index (χ3v) is 3.07. The number of piperazine rings is 1. The first kappa shape index (κ1) is 19.3. The predicted molar refractivity (Wildman–Crippen MR) is 74.4 cm³/mol. The van der Waals surface area contributed by atoms with E-state index in [2.05, 4.69) is 24.1 Å². The molecule has 0 aromatic carbocycles. The molecule has 0 aromatic rings. The maximum Gasteiger partial charge on any atom is 0.310 e. The first-order chi connectivity index (χ1) is 6.83. The van der Waals surface area contributed by atoms with Crippen LogP contribution in [0, 0.1) is 5.41 Å². The van der Waals surface area contributed by atoms with Gasteiger partial charge in [-0.1, -0.05) is 0 Å². The molecule has 2 atom stereocenters. The lowest BCUT2D eigenvalue weighted by Gasteiger charge is -2.40. The van der Waals surface area contributed by atoms with Crippen molar-refractivity contribution in [1.82, 2.24) is 10.2 Å². The lowest BCUT2D eigenvalue weighted by Crippen LogP contribution is -2.57. The minimum Gasteiger partial charge on any atom is -0.481 e. The number of aliphatic carboxylic acids is 1. The SMILES string of the molecule is C[C@@H]1CN(CC(C)(C)C(=O)O)[C@@H](C)CN1.Cl.Cl. The Kier molecular flexibility index (Phi) is 8.42. The number of nitrogens with one attached hydrogen (secondary N) is 1. The van der Waals surface area contributed by atoms with Gasteiger partial charge in [0.05, 0.1) is 5.41 Å². The van der Waals surface area contributed by atoms with Crippen molar-refractivity contribution < 1.29 is 9.90 Å². The van der Waals surface area contributed by atoms with Crippen molar-refractivity contribution in [3.63, 3.8) is 0 Å². The minimum absolute atomic E-state index is 0. The van der Waals surface area contributed by atoms with Gasteiger partial charge >= 0.3 is 5.97 Å². The topological polar surface area (TPSA) is 52.6 Å². The molecule has 1 rings (SSSR count). The summed E-state index contributed by atoms with van der Waals surface area (Å²) < 4.78 is 0. The summed E-state index contributed by atoms with van der Waals surface area (Å²) in [6.45, 7) is 10.3. The first-order valence-corrected chi connectivity index (χ1v) is 5.54. The fourth-order valence-corrected chi connectivity index (χ4v) is 1.89. The number of rotatable bonds is 3. The summed E-state index contributed by atoms with van der Waals surface area (Å²) in [7, 11) is 0. The monoisotopic (exact) mass is 286 g/mol. The smallest absolute Gasteiger partial charge is 0.310 e. The van der Waals surface area contributed by atoms with Gasteiger partial charge in [0.2, 0.25) is 0 Å². The molecule has 0 radical (unpaired) electrons. The highest BCUT2D eigenvalue weighted by atomic mass is 35.5. The van der Waals surface area contributed by atoms with E-state index in [4.69, 9.17) is 5.11 Å². The molecule has 1 aliphatic heterocycles. The lowest BCUT2D eigenvalue weighted by atomic mass is 9.92. The van der Waals surface area contributed by atoms with Crippen LogP contribution in [0.1, 0.15) is 27.7 Å². The molecule has 0 amide bonds. The number of halogens is 2. The molecule has 0 saturated carbocycles. The van der Waals surface area contributed by atoms with Gasteiger partial charge in [-0.3, -0.25) is 9.69 Å². The summed E-state index contributed by atoms with van der Waals surface area (Å²) in [5.74, 6) is -0.721. The van der Waals surface area contributed by atoms with E-state index in [9.17, 15) is 4.79 Å². The van der Waals surface area contributed by atoms with Crippen LogP contribution in [0.15, 0.2) is 0 Å². The van der Waals surface area contributed by atoms with Crippen LogP contribution in [0.2, 0.25) is 0 Å². The van der Waals surface area contributed by atoms with Crippen molar-refractivity contribution in [2.45, 2.75) is 39.8 Å². The molecule has 1 saturated heterocycles. The molecule has 104 valence electrons. The second-order valence-electron chi connectivity index (χ2n) is 5.28. The van der Waals surface area contributed by atoms with Crippen molar-refractivity contribution in [2.24, 2.45) is 5.41 Å². The van der Waals surface area contributed by atoms with Gasteiger partial charge in [0.1, 0.15) is 0 Å². The number of nitrogens with zero attached hydrogens (tertiary/aromatic N) is 1. The van der Waals surface area contributed by atoms with Crippen LogP contribution in [0.25, 0.3) is 0 Å². The molecule has 0 spiro atoms. The Hall–Kier alpha value is -0.0300. The van der Waals surface area contributed by atoms with E-state index >= 15 is 0 Å². The zero-order chi connectivity index (χ0) is 11.6. The van der Waals surface area contributed by atoms with Gasteiger partial charge in [-0.05, 0) is 27.7 Å². The Morgan fingerprint density at radius 2 is 1.94 bits per heavy atom. The Morgan fingerprint density at radius 1 is 1.41 bits per heavy atom. The van der Waals surface area contributed by atoms with Gasteiger partial charge in [-0.15, -0.1) is 24.8 Å². The highest BCUT2D eigenvalue weighted by Crippen LogP contribution is 2.20. The Labute approximate surface area is 116 Å². The molecular weight excluding hydrogens is 263 g/mol. The maximum absolute atomic E-state index is 11.0. The van der Waals surface area contributed by atoms with Gasteiger partial charge in [0.25, 0.3) is 0 Å². The number of carboxylic acids is 1. The summed E-state index contributed by atoms with van der Waals surface area (Å²) >= 11 is 0. The number of hydrogen-bond donors (Lipinski definition) is 2. The van der Waals surface area contributed by atoms with Gasteiger partial charge in [-0.2, -0.15) is 0 Å². The molecule has 0 unspecified atom stereocenters. The van der Waals surface area contributed by atoms with E-state index in [1.54, 1.807) is 13.8 Å². The second-order valence-corrected chi connectivity index (χ2v) is 5.28. The lowest BCUT2D eigenvalue weighted by molar-refractivity contribution is -0.148. The molecule has 0 aliphatic carbocycles. The third kappa shape index (κ3) is 5.42. The molecule has 1 aliphatic rings. The fraction of sp³-hybridized carbons (Fsp3) is 0.909. The van der Waals surface area contributed by atoms with Crippen LogP contribution < -0.4 is 5.32 Å². The minimum atomic E-state index is -0.721. The summed E-state index contributed by atoms with van der Waals surface area (Å²) in [4.78, 5) is 13.3. The van der Waals surface area contributed by atoms with Crippen molar-refractivity contribution in [3.05, 3.63) is 0 Å². The first-order valence-electron chi connectivity index (χ1n) is 5.54. The van der Waals surface area contributed by atoms with E-state index in [1.165, 1.54) is 0 Å². The molecule has 6 heteroatoms. The summed E-state index contributed by atoms with van der Waals surface area (Å²) in [5, 5.41) is 12.5. The van der Waals surface area contributed by atoms with Crippen LogP contribution in [-0.2, 0) is 4.79 Å². The van der Waals surface area contributed by atoms with E-state index in [1.807, 2.05) is 0 Å². The summed E-state index contributed by atoms with van der Waals surface area (Å²) in [5.41, 5.74) is -0.661. The van der Waals surface area contributed by atoms with Gasteiger partial charge in [-0.25, -0.2) is 0 Å². The van der Waals surface area contributed by atoms with E-state index < -0.39 is 11.4 Å². The van der Waals surface area contributed by atoms with Crippen molar-refractivity contribution in [2.75, 3.05) is 19.6 Å². The average Bonchev–Trinajstić information content (AvgIpc) is 2.10. The average molecular weight is 287 g/mol. The van der Waals surface area contributed by atoms with Gasteiger partial charge < -0.3 is 10.4 Å². The van der Waals surface area contributed by atoms with Crippen LogP contribution in [-0.4, -0.2) is 47.7 Å². The molecule has 1 heterocycles. The molecule has 0 aromatic heterocycles. The van der Waals surface area contributed by atoms with Crippen LogP contribution >= 0.6 is 24.8 Å². The van der Waals surface area contributed by atoms with Crippen molar-refractivity contribution in [1.29, 1.82) is 0 Å². The largest absolute Gasteiger partial charge is 0.481 e. The van der Waals surface area contributed by atoms with E-state index in [0.717, 1.165) is 13.1 Å². The standard InChI is InChI=1S/C11H22N2O2.2ClH/c1-8-6-13(9(2)5-12-8)7-11(3,4)10(14)15;;/h8-9,12H,5-7H2,1-4H3,(H,14,15);2*1H/t8-,9+;;/m1../s1. The fourth-order valence-electron chi connectivity index (χ4n) is 1.89. The molecular formula is C11H24Cl2N2O2. The van der Waals surface area contributed by atoms with E-state index in [-0.39, 0.29) is 24.8 Å². The number of carbonyl (C=O) groups is 1. The number of carboxylic acid groups (broad SMARTS) is 1. The summed E-state index contributed by atoms with van der Waals surface area (Å²) in [6, 6.07) is 0.866. The normalized spacial score (nSPS) is 25.6. The highest BCUT2D eigenvalue weighted by molar-refractivity contribution is 5.85. The molecule has 0 bridgehead atoms. The summed E-state index contributed by atoms with van der Waals surface area (Å²) in [6.07, 6.45) is 0. The van der Waals surface area contributed by atoms with Gasteiger partial charge in [0.15, 0.2) is 0 Å². The highest BCUT2D eigenvalue weighted by Gasteiger charge is 2.33. The molecule has 2 N–H and O–H groups in total. The second kappa shape index (κ2) is 7.41. The molecule has 4 nitrogen and oxygen atoms in total. The van der Waals surface area contributed by atoms with Gasteiger partial charge in [0, 0.05) is 31.7 Å². The maximum atomic E-state index is 11.0. The van der Waals surface area contributed by atoms with Crippen LogP contribution in [0.3, 0.4) is 0 Å². The van der Waals surface area contributed by atoms with E-state index in [0.29, 0.717) is 18.6 Å². The zero-order valence-electron chi connectivity index (χ0n) is 10.9. The quantitative estimate of drug-likeness (QED) is 0.828. The molecule has 17 heavy (non-hydrogen) atoms. The Bertz CT molecular complexity index is 250. The van der Waals surface area contributed by atoms with Crippen molar-refractivity contribution in [3.8, 4) is 0 Å². The third-order valence-electron chi connectivity index (χ3n) is 3.07. The molecule has 1 fully saturated rings. The number of hydrogen-bond acceptors (Lipinski definition) is 3.